The van der Waals surface area contributed by atoms with Crippen molar-refractivity contribution < 1.29 is 4.79 Å². The lowest BCUT2D eigenvalue weighted by atomic mass is 10.1. The highest BCUT2D eigenvalue weighted by molar-refractivity contribution is 7.17. The van der Waals surface area contributed by atoms with Crippen LogP contribution < -0.4 is 0 Å². The molecule has 3 nitrogen and oxygen atoms in total. The van der Waals surface area contributed by atoms with Gasteiger partial charge in [0.1, 0.15) is 9.88 Å². The first-order valence-electron chi connectivity index (χ1n) is 6.64. The Morgan fingerprint density at radius 1 is 1.32 bits per heavy atom. The van der Waals surface area contributed by atoms with Gasteiger partial charge in [0.2, 0.25) is 0 Å². The van der Waals surface area contributed by atoms with Gasteiger partial charge in [-0.2, -0.15) is 0 Å². The number of fused-ring (bicyclic) bond motifs is 1. The third kappa shape index (κ3) is 2.28. The van der Waals surface area contributed by atoms with E-state index in [9.17, 15) is 4.79 Å². The second-order valence-electron chi connectivity index (χ2n) is 4.70. The average Bonchev–Trinajstić information content (AvgIpc) is 2.88. The van der Waals surface area contributed by atoms with Crippen molar-refractivity contribution in [2.45, 2.75) is 19.8 Å². The molecule has 1 aliphatic heterocycles. The summed E-state index contributed by atoms with van der Waals surface area (Å²) in [4.78, 5) is 19.8. The van der Waals surface area contributed by atoms with Gasteiger partial charge in [-0.1, -0.05) is 37.3 Å². The zero-order valence-corrected chi connectivity index (χ0v) is 11.7. The first-order chi connectivity index (χ1) is 9.29. The summed E-state index contributed by atoms with van der Waals surface area (Å²) in [6, 6.07) is 10.1. The molecule has 19 heavy (non-hydrogen) atoms. The number of rotatable bonds is 3. The van der Waals surface area contributed by atoms with Gasteiger partial charge in [0.15, 0.2) is 0 Å². The van der Waals surface area contributed by atoms with E-state index in [0.29, 0.717) is 0 Å². The topological polar surface area (TPSA) is 33.2 Å². The zero-order chi connectivity index (χ0) is 13.2. The molecule has 3 rings (SSSR count). The van der Waals surface area contributed by atoms with Crippen LogP contribution in [-0.4, -0.2) is 28.9 Å². The van der Waals surface area contributed by atoms with Gasteiger partial charge in [-0.25, -0.2) is 4.98 Å². The lowest BCUT2D eigenvalue weighted by Crippen LogP contribution is -2.37. The number of benzene rings is 1. The first kappa shape index (κ1) is 12.4. The van der Waals surface area contributed by atoms with Crippen molar-refractivity contribution in [3.05, 3.63) is 40.9 Å². The van der Waals surface area contributed by atoms with Gasteiger partial charge >= 0.3 is 0 Å². The minimum Gasteiger partial charge on any atom is -0.338 e. The van der Waals surface area contributed by atoms with Crippen LogP contribution in [-0.2, 0) is 6.42 Å². The Balaban J connectivity index is 1.94. The molecule has 1 aromatic carbocycles. The summed E-state index contributed by atoms with van der Waals surface area (Å²) in [5.74, 6) is 0.155. The average molecular weight is 272 g/mol. The summed E-state index contributed by atoms with van der Waals surface area (Å²) in [5.41, 5.74) is 2.07. The Kier molecular flexibility index (Phi) is 3.34. The maximum atomic E-state index is 12.3. The molecular formula is C15H16N2OS. The number of carbonyl (C=O) groups excluding carboxylic acids is 1. The first-order valence-corrected chi connectivity index (χ1v) is 7.45. The van der Waals surface area contributed by atoms with E-state index in [4.69, 9.17) is 0 Å². The number of hydrogen-bond acceptors (Lipinski definition) is 3. The third-order valence-corrected chi connectivity index (χ3v) is 4.45. The fraction of sp³-hybridized carbons (Fsp3) is 0.333. The van der Waals surface area contributed by atoms with Crippen molar-refractivity contribution in [3.63, 3.8) is 0 Å². The second kappa shape index (κ2) is 5.13. The molecule has 98 valence electrons. The maximum absolute atomic E-state index is 12.3. The molecular weight excluding hydrogens is 256 g/mol. The van der Waals surface area contributed by atoms with Crippen LogP contribution in [0.25, 0.3) is 10.6 Å². The highest BCUT2D eigenvalue weighted by Gasteiger charge is 2.27. The Morgan fingerprint density at radius 2 is 2.11 bits per heavy atom. The molecule has 0 radical (unpaired) electrons. The van der Waals surface area contributed by atoms with Crippen LogP contribution in [0, 0.1) is 0 Å². The number of carbonyl (C=O) groups is 1. The van der Waals surface area contributed by atoms with E-state index in [2.05, 4.69) is 11.9 Å². The van der Waals surface area contributed by atoms with Crippen LogP contribution in [0.3, 0.4) is 0 Å². The molecule has 2 aromatic rings. The van der Waals surface area contributed by atoms with Crippen molar-refractivity contribution in [1.29, 1.82) is 0 Å². The van der Waals surface area contributed by atoms with E-state index >= 15 is 0 Å². The van der Waals surface area contributed by atoms with Gasteiger partial charge in [-0.3, -0.25) is 4.79 Å². The van der Waals surface area contributed by atoms with Crippen molar-refractivity contribution in [2.24, 2.45) is 0 Å². The summed E-state index contributed by atoms with van der Waals surface area (Å²) in [5, 5.41) is 0.956. The summed E-state index contributed by atoms with van der Waals surface area (Å²) in [6.07, 6.45) is 1.88. The molecule has 0 spiro atoms. The molecule has 0 fully saturated rings. The van der Waals surface area contributed by atoms with Crippen molar-refractivity contribution in [2.75, 3.05) is 13.1 Å². The number of amides is 1. The Labute approximate surface area is 116 Å². The van der Waals surface area contributed by atoms with E-state index in [1.165, 1.54) is 11.3 Å². The largest absolute Gasteiger partial charge is 0.338 e. The smallest absolute Gasteiger partial charge is 0.265 e. The summed E-state index contributed by atoms with van der Waals surface area (Å²) in [7, 11) is 0. The Morgan fingerprint density at radius 3 is 2.84 bits per heavy atom. The molecule has 0 N–H and O–H groups in total. The lowest BCUT2D eigenvalue weighted by Gasteiger charge is -2.25. The minimum atomic E-state index is 0.155. The Hall–Kier alpha value is -1.68. The van der Waals surface area contributed by atoms with E-state index in [0.717, 1.165) is 47.1 Å². The highest BCUT2D eigenvalue weighted by atomic mass is 32.1. The van der Waals surface area contributed by atoms with Crippen molar-refractivity contribution in [3.8, 4) is 10.6 Å². The summed E-state index contributed by atoms with van der Waals surface area (Å²) >= 11 is 1.52. The van der Waals surface area contributed by atoms with Crippen LogP contribution in [0.15, 0.2) is 30.3 Å². The molecule has 0 atom stereocenters. The van der Waals surface area contributed by atoms with E-state index in [-0.39, 0.29) is 5.91 Å². The predicted molar refractivity (Wildman–Crippen MR) is 77.4 cm³/mol. The third-order valence-electron chi connectivity index (χ3n) is 3.31. The molecule has 4 heteroatoms. The Bertz CT molecular complexity index is 591. The predicted octanol–water partition coefficient (Wildman–Crippen LogP) is 3.22. The molecule has 0 saturated carbocycles. The molecule has 0 unspecified atom stereocenters. The quantitative estimate of drug-likeness (QED) is 0.859. The monoisotopic (exact) mass is 272 g/mol. The highest BCUT2D eigenvalue weighted by Crippen LogP contribution is 2.31. The van der Waals surface area contributed by atoms with Crippen LogP contribution in [0.5, 0.6) is 0 Å². The molecule has 0 aliphatic carbocycles. The van der Waals surface area contributed by atoms with Gasteiger partial charge in [0.25, 0.3) is 5.91 Å². The van der Waals surface area contributed by atoms with Gasteiger partial charge in [-0.15, -0.1) is 11.3 Å². The standard InChI is InChI=1S/C15H16N2OS/c1-2-9-17-10-8-12-13(15(17)18)19-14(16-12)11-6-4-3-5-7-11/h3-7H,2,8-10H2,1H3. The molecule has 1 amide bonds. The minimum absolute atomic E-state index is 0.155. The van der Waals surface area contributed by atoms with Crippen LogP contribution in [0.1, 0.15) is 28.7 Å². The number of aromatic nitrogens is 1. The van der Waals surface area contributed by atoms with Gasteiger partial charge in [0, 0.05) is 25.1 Å². The fourth-order valence-corrected chi connectivity index (χ4v) is 3.45. The van der Waals surface area contributed by atoms with Crippen molar-refractivity contribution in [1.82, 2.24) is 9.88 Å². The number of nitrogens with zero attached hydrogens (tertiary/aromatic N) is 2. The van der Waals surface area contributed by atoms with E-state index in [1.807, 2.05) is 35.2 Å². The summed E-state index contributed by atoms with van der Waals surface area (Å²) in [6.45, 7) is 3.75. The lowest BCUT2D eigenvalue weighted by molar-refractivity contribution is 0.0744. The fourth-order valence-electron chi connectivity index (χ4n) is 2.36. The maximum Gasteiger partial charge on any atom is 0.265 e. The normalized spacial score (nSPS) is 14.6. The van der Waals surface area contributed by atoms with Crippen LogP contribution in [0.2, 0.25) is 0 Å². The SMILES string of the molecule is CCCN1CCc2nc(-c3ccccc3)sc2C1=O. The van der Waals surface area contributed by atoms with Gasteiger partial charge in [-0.05, 0) is 6.42 Å². The van der Waals surface area contributed by atoms with Crippen LogP contribution in [0.4, 0.5) is 0 Å². The van der Waals surface area contributed by atoms with Gasteiger partial charge < -0.3 is 4.90 Å². The van der Waals surface area contributed by atoms with E-state index in [1.54, 1.807) is 0 Å². The molecule has 2 heterocycles. The van der Waals surface area contributed by atoms with Crippen LogP contribution >= 0.6 is 11.3 Å². The molecule has 1 aromatic heterocycles. The number of hydrogen-bond donors (Lipinski definition) is 0. The molecule has 0 bridgehead atoms. The zero-order valence-electron chi connectivity index (χ0n) is 10.9. The molecule has 0 saturated heterocycles. The van der Waals surface area contributed by atoms with Gasteiger partial charge in [0.05, 0.1) is 5.69 Å². The second-order valence-corrected chi connectivity index (χ2v) is 5.70. The number of thiazole rings is 1. The van der Waals surface area contributed by atoms with E-state index < -0.39 is 0 Å². The van der Waals surface area contributed by atoms with Crippen molar-refractivity contribution >= 4 is 17.2 Å². The summed E-state index contributed by atoms with van der Waals surface area (Å²) < 4.78 is 0. The molecule has 1 aliphatic rings.